The van der Waals surface area contributed by atoms with E-state index in [0.29, 0.717) is 11.6 Å². The monoisotopic (exact) mass is 328 g/mol. The molecular formula is C19H21FN2O2. The Hall–Kier alpha value is -2.43. The first kappa shape index (κ1) is 16.4. The lowest BCUT2D eigenvalue weighted by Gasteiger charge is -2.32. The van der Waals surface area contributed by atoms with Gasteiger partial charge in [0.2, 0.25) is 0 Å². The van der Waals surface area contributed by atoms with Gasteiger partial charge in [-0.05, 0) is 61.4 Å². The summed E-state index contributed by atoms with van der Waals surface area (Å²) >= 11 is 0. The number of halogens is 1. The number of aromatic nitrogens is 1. The standard InChI is InChI=1S/C19H21FN2O2/c20-16-7-5-14(6-8-16)3-4-15-2-1-11-22(13-15)19(24)18-10-9-17(23)12-21-18/h5-10,12,15,23H,1-4,11,13H2/t15-/m0/s1. The Morgan fingerprint density at radius 2 is 2.04 bits per heavy atom. The van der Waals surface area contributed by atoms with E-state index in [9.17, 15) is 14.3 Å². The Balaban J connectivity index is 1.56. The maximum atomic E-state index is 12.9. The molecule has 0 aliphatic carbocycles. The van der Waals surface area contributed by atoms with Crippen LogP contribution in [0.3, 0.4) is 0 Å². The van der Waals surface area contributed by atoms with Crippen LogP contribution in [0.25, 0.3) is 0 Å². The lowest BCUT2D eigenvalue weighted by molar-refractivity contribution is 0.0662. The van der Waals surface area contributed by atoms with Gasteiger partial charge in [-0.1, -0.05) is 12.1 Å². The summed E-state index contributed by atoms with van der Waals surface area (Å²) in [5, 5.41) is 9.28. The molecule has 0 spiro atoms. The first-order valence-electron chi connectivity index (χ1n) is 8.30. The fraction of sp³-hybridized carbons (Fsp3) is 0.368. The SMILES string of the molecule is O=C(c1ccc(O)cn1)N1CCC[C@@H](CCc2ccc(F)cc2)C1. The predicted octanol–water partition coefficient (Wildman–Crippen LogP) is 3.41. The number of rotatable bonds is 4. The second kappa shape index (κ2) is 7.43. The molecule has 0 saturated carbocycles. The van der Waals surface area contributed by atoms with E-state index in [-0.39, 0.29) is 17.5 Å². The number of likely N-dealkylation sites (tertiary alicyclic amines) is 1. The van der Waals surface area contributed by atoms with Gasteiger partial charge in [0.1, 0.15) is 17.3 Å². The fourth-order valence-corrected chi connectivity index (χ4v) is 3.18. The van der Waals surface area contributed by atoms with Gasteiger partial charge in [-0.15, -0.1) is 0 Å². The highest BCUT2D eigenvalue weighted by Gasteiger charge is 2.25. The summed E-state index contributed by atoms with van der Waals surface area (Å²) in [5.41, 5.74) is 1.49. The van der Waals surface area contributed by atoms with Crippen LogP contribution >= 0.6 is 0 Å². The molecule has 1 fully saturated rings. The molecule has 1 aromatic carbocycles. The van der Waals surface area contributed by atoms with Crippen molar-refractivity contribution in [2.24, 2.45) is 5.92 Å². The molecule has 1 atom stereocenters. The second-order valence-corrected chi connectivity index (χ2v) is 6.33. The molecule has 4 nitrogen and oxygen atoms in total. The lowest BCUT2D eigenvalue weighted by Crippen LogP contribution is -2.40. The average Bonchev–Trinajstić information content (AvgIpc) is 2.61. The van der Waals surface area contributed by atoms with Crippen molar-refractivity contribution in [1.29, 1.82) is 0 Å². The quantitative estimate of drug-likeness (QED) is 0.936. The zero-order valence-electron chi connectivity index (χ0n) is 13.5. The van der Waals surface area contributed by atoms with Crippen molar-refractivity contribution in [3.8, 4) is 5.75 Å². The van der Waals surface area contributed by atoms with Gasteiger partial charge in [0.15, 0.2) is 0 Å². The van der Waals surface area contributed by atoms with E-state index in [1.54, 1.807) is 6.07 Å². The molecule has 5 heteroatoms. The van der Waals surface area contributed by atoms with E-state index >= 15 is 0 Å². The first-order chi connectivity index (χ1) is 11.6. The van der Waals surface area contributed by atoms with Crippen LogP contribution in [0.15, 0.2) is 42.6 Å². The van der Waals surface area contributed by atoms with E-state index in [2.05, 4.69) is 4.98 Å². The zero-order valence-corrected chi connectivity index (χ0v) is 13.5. The summed E-state index contributed by atoms with van der Waals surface area (Å²) in [6.07, 6.45) is 5.26. The highest BCUT2D eigenvalue weighted by atomic mass is 19.1. The number of aromatic hydroxyl groups is 1. The number of hydrogen-bond donors (Lipinski definition) is 1. The second-order valence-electron chi connectivity index (χ2n) is 6.33. The van der Waals surface area contributed by atoms with Crippen LogP contribution in [0.4, 0.5) is 4.39 Å². The summed E-state index contributed by atoms with van der Waals surface area (Å²) in [6, 6.07) is 9.66. The largest absolute Gasteiger partial charge is 0.506 e. The molecule has 1 aromatic heterocycles. The van der Waals surface area contributed by atoms with E-state index in [0.717, 1.165) is 44.3 Å². The van der Waals surface area contributed by atoms with Gasteiger partial charge in [-0.25, -0.2) is 9.37 Å². The van der Waals surface area contributed by atoms with Gasteiger partial charge in [-0.2, -0.15) is 0 Å². The van der Waals surface area contributed by atoms with Crippen molar-refractivity contribution in [3.05, 3.63) is 59.7 Å². The van der Waals surface area contributed by atoms with Crippen molar-refractivity contribution in [3.63, 3.8) is 0 Å². The van der Waals surface area contributed by atoms with Gasteiger partial charge in [0.25, 0.3) is 5.91 Å². The third kappa shape index (κ3) is 4.10. The Morgan fingerprint density at radius 3 is 2.75 bits per heavy atom. The van der Waals surface area contributed by atoms with Gasteiger partial charge in [0.05, 0.1) is 6.20 Å². The van der Waals surface area contributed by atoms with Gasteiger partial charge >= 0.3 is 0 Å². The molecule has 1 N–H and O–H groups in total. The molecule has 126 valence electrons. The number of hydrogen-bond acceptors (Lipinski definition) is 3. The Labute approximate surface area is 141 Å². The fourth-order valence-electron chi connectivity index (χ4n) is 3.18. The molecule has 3 rings (SSSR count). The summed E-state index contributed by atoms with van der Waals surface area (Å²) in [5.74, 6) is 0.211. The molecule has 0 unspecified atom stereocenters. The molecule has 1 saturated heterocycles. The van der Waals surface area contributed by atoms with Gasteiger partial charge in [0, 0.05) is 13.1 Å². The van der Waals surface area contributed by atoms with Crippen LogP contribution in [0.5, 0.6) is 5.75 Å². The van der Waals surface area contributed by atoms with Crippen molar-refractivity contribution < 1.29 is 14.3 Å². The maximum Gasteiger partial charge on any atom is 0.272 e. The van der Waals surface area contributed by atoms with Crippen LogP contribution in [-0.4, -0.2) is 34.0 Å². The predicted molar refractivity (Wildman–Crippen MR) is 89.3 cm³/mol. The molecule has 2 heterocycles. The van der Waals surface area contributed by atoms with Gasteiger partial charge in [-0.3, -0.25) is 4.79 Å². The number of pyridine rings is 1. The number of aryl methyl sites for hydroxylation is 1. The van der Waals surface area contributed by atoms with Crippen LogP contribution in [0, 0.1) is 11.7 Å². The Morgan fingerprint density at radius 1 is 1.25 bits per heavy atom. The van der Waals surface area contributed by atoms with Gasteiger partial charge < -0.3 is 10.0 Å². The molecule has 1 aliphatic heterocycles. The van der Waals surface area contributed by atoms with Crippen LogP contribution in [0.1, 0.15) is 35.3 Å². The third-order valence-electron chi connectivity index (χ3n) is 4.53. The topological polar surface area (TPSA) is 53.4 Å². The number of amides is 1. The Kier molecular flexibility index (Phi) is 5.08. The van der Waals surface area contributed by atoms with Crippen molar-refractivity contribution in [2.75, 3.05) is 13.1 Å². The van der Waals surface area contributed by atoms with Crippen LogP contribution in [0.2, 0.25) is 0 Å². The molecule has 1 aliphatic rings. The summed E-state index contributed by atoms with van der Waals surface area (Å²) in [6.45, 7) is 1.47. The maximum absolute atomic E-state index is 12.9. The molecule has 1 amide bonds. The van der Waals surface area contributed by atoms with Crippen molar-refractivity contribution in [2.45, 2.75) is 25.7 Å². The van der Waals surface area contributed by atoms with E-state index < -0.39 is 0 Å². The molecule has 24 heavy (non-hydrogen) atoms. The highest BCUT2D eigenvalue weighted by Crippen LogP contribution is 2.23. The highest BCUT2D eigenvalue weighted by molar-refractivity contribution is 5.92. The van der Waals surface area contributed by atoms with E-state index in [4.69, 9.17) is 0 Å². The molecule has 0 radical (unpaired) electrons. The smallest absolute Gasteiger partial charge is 0.272 e. The summed E-state index contributed by atoms with van der Waals surface area (Å²) in [7, 11) is 0. The normalized spacial score (nSPS) is 17.7. The number of piperidine rings is 1. The summed E-state index contributed by atoms with van der Waals surface area (Å²) in [4.78, 5) is 18.4. The minimum Gasteiger partial charge on any atom is -0.506 e. The minimum atomic E-state index is -0.213. The molecular weight excluding hydrogens is 307 g/mol. The Bertz CT molecular complexity index is 686. The molecule has 0 bridgehead atoms. The van der Waals surface area contributed by atoms with Crippen molar-refractivity contribution in [1.82, 2.24) is 9.88 Å². The lowest BCUT2D eigenvalue weighted by atomic mass is 9.91. The average molecular weight is 328 g/mol. The van der Waals surface area contributed by atoms with Crippen LogP contribution < -0.4 is 0 Å². The number of carbonyl (C=O) groups is 1. The molecule has 2 aromatic rings. The zero-order chi connectivity index (χ0) is 16.9. The summed E-state index contributed by atoms with van der Waals surface area (Å²) < 4.78 is 12.9. The van der Waals surface area contributed by atoms with Crippen molar-refractivity contribution >= 4 is 5.91 Å². The minimum absolute atomic E-state index is 0.0577. The number of nitrogens with zero attached hydrogens (tertiary/aromatic N) is 2. The first-order valence-corrected chi connectivity index (χ1v) is 8.30. The van der Waals surface area contributed by atoms with E-state index in [1.807, 2.05) is 17.0 Å². The van der Waals surface area contributed by atoms with Crippen LogP contribution in [-0.2, 0) is 6.42 Å². The third-order valence-corrected chi connectivity index (χ3v) is 4.53. The van der Waals surface area contributed by atoms with E-state index in [1.165, 1.54) is 24.4 Å². The number of carbonyl (C=O) groups excluding carboxylic acids is 1. The number of benzene rings is 1.